The van der Waals surface area contributed by atoms with Crippen molar-refractivity contribution in [2.45, 2.75) is 19.4 Å². The minimum Gasteiger partial charge on any atom is -0.384 e. The van der Waals surface area contributed by atoms with Gasteiger partial charge in [0.1, 0.15) is 6.07 Å². The SMILES string of the molecule is CNC(=O)C1=C(c2ccc(CN3CCN(c4nnc(C#N)s4)CC3)cc2)NCCC1. The molecule has 8 nitrogen and oxygen atoms in total. The first kappa shape index (κ1) is 20.3. The van der Waals surface area contributed by atoms with Crippen LogP contribution in [0.15, 0.2) is 29.8 Å². The highest BCUT2D eigenvalue weighted by molar-refractivity contribution is 7.15. The number of benzene rings is 1. The summed E-state index contributed by atoms with van der Waals surface area (Å²) in [7, 11) is 1.68. The first-order valence-corrected chi connectivity index (χ1v) is 11.0. The van der Waals surface area contributed by atoms with Crippen LogP contribution in [-0.4, -0.2) is 60.8 Å². The second-order valence-electron chi connectivity index (χ2n) is 7.42. The maximum atomic E-state index is 12.2. The minimum atomic E-state index is -0.00327. The van der Waals surface area contributed by atoms with Gasteiger partial charge in [-0.05, 0) is 24.0 Å². The lowest BCUT2D eigenvalue weighted by atomic mass is 9.97. The Kier molecular flexibility index (Phi) is 6.26. The van der Waals surface area contributed by atoms with E-state index in [-0.39, 0.29) is 5.91 Å². The van der Waals surface area contributed by atoms with Gasteiger partial charge in [-0.2, -0.15) is 5.26 Å². The van der Waals surface area contributed by atoms with E-state index in [1.54, 1.807) is 7.05 Å². The van der Waals surface area contributed by atoms with Crippen LogP contribution in [0, 0.1) is 11.3 Å². The van der Waals surface area contributed by atoms with E-state index in [1.807, 2.05) is 6.07 Å². The monoisotopic (exact) mass is 423 g/mol. The third kappa shape index (κ3) is 4.45. The Balaban J connectivity index is 1.37. The highest BCUT2D eigenvalue weighted by Gasteiger charge is 2.21. The van der Waals surface area contributed by atoms with Gasteiger partial charge in [0, 0.05) is 51.9 Å². The Morgan fingerprint density at radius 2 is 2.00 bits per heavy atom. The molecule has 2 aromatic rings. The van der Waals surface area contributed by atoms with E-state index in [2.05, 4.69) is 54.9 Å². The molecule has 2 aliphatic heterocycles. The topological polar surface area (TPSA) is 97.2 Å². The molecule has 0 saturated carbocycles. The van der Waals surface area contributed by atoms with Crippen LogP contribution < -0.4 is 15.5 Å². The lowest BCUT2D eigenvalue weighted by Gasteiger charge is -2.34. The fourth-order valence-electron chi connectivity index (χ4n) is 3.89. The number of nitriles is 1. The zero-order valence-electron chi connectivity index (χ0n) is 17.0. The van der Waals surface area contributed by atoms with Crippen molar-refractivity contribution in [1.29, 1.82) is 5.26 Å². The molecule has 1 fully saturated rings. The van der Waals surface area contributed by atoms with Crippen LogP contribution in [0.1, 0.15) is 29.0 Å². The molecule has 1 amide bonds. The van der Waals surface area contributed by atoms with Crippen molar-refractivity contribution in [2.75, 3.05) is 44.7 Å². The fraction of sp³-hybridized carbons (Fsp3) is 0.429. The number of carbonyl (C=O) groups is 1. The molecule has 1 aromatic carbocycles. The Bertz CT molecular complexity index is 968. The number of carbonyl (C=O) groups excluding carboxylic acids is 1. The molecule has 2 N–H and O–H groups in total. The second kappa shape index (κ2) is 9.24. The Hall–Kier alpha value is -2.96. The van der Waals surface area contributed by atoms with Gasteiger partial charge < -0.3 is 15.5 Å². The number of hydrogen-bond donors (Lipinski definition) is 2. The Labute approximate surface area is 180 Å². The third-order valence-electron chi connectivity index (χ3n) is 5.51. The molecule has 0 bridgehead atoms. The van der Waals surface area contributed by atoms with Gasteiger partial charge in [0.05, 0.1) is 5.70 Å². The number of nitrogens with zero attached hydrogens (tertiary/aromatic N) is 5. The molecular formula is C21H25N7OS. The lowest BCUT2D eigenvalue weighted by molar-refractivity contribution is -0.117. The second-order valence-corrected chi connectivity index (χ2v) is 8.38. The van der Waals surface area contributed by atoms with E-state index in [1.165, 1.54) is 16.9 Å². The van der Waals surface area contributed by atoms with Crippen molar-refractivity contribution in [3.8, 4) is 6.07 Å². The maximum Gasteiger partial charge on any atom is 0.249 e. The van der Waals surface area contributed by atoms with Gasteiger partial charge in [-0.1, -0.05) is 35.6 Å². The molecule has 9 heteroatoms. The van der Waals surface area contributed by atoms with Crippen molar-refractivity contribution >= 4 is 28.1 Å². The van der Waals surface area contributed by atoms with Crippen LogP contribution in [0.25, 0.3) is 5.70 Å². The lowest BCUT2D eigenvalue weighted by Crippen LogP contribution is -2.45. The van der Waals surface area contributed by atoms with Crippen molar-refractivity contribution in [3.05, 3.63) is 46.0 Å². The molecule has 0 radical (unpaired) electrons. The molecule has 0 spiro atoms. The van der Waals surface area contributed by atoms with Crippen LogP contribution in [0.2, 0.25) is 0 Å². The van der Waals surface area contributed by atoms with Crippen molar-refractivity contribution in [2.24, 2.45) is 0 Å². The number of amides is 1. The first-order valence-electron chi connectivity index (χ1n) is 10.2. The molecular weight excluding hydrogens is 398 g/mol. The number of likely N-dealkylation sites (N-methyl/N-ethyl adjacent to an activating group) is 1. The van der Waals surface area contributed by atoms with E-state index < -0.39 is 0 Å². The normalized spacial score (nSPS) is 17.4. The number of rotatable bonds is 5. The summed E-state index contributed by atoms with van der Waals surface area (Å²) in [5.74, 6) is -0.00327. The van der Waals surface area contributed by atoms with Crippen LogP contribution in [0.3, 0.4) is 0 Å². The van der Waals surface area contributed by atoms with E-state index >= 15 is 0 Å². The summed E-state index contributed by atoms with van der Waals surface area (Å²) >= 11 is 1.35. The summed E-state index contributed by atoms with van der Waals surface area (Å²) in [4.78, 5) is 16.8. The van der Waals surface area contributed by atoms with Gasteiger partial charge in [0.25, 0.3) is 0 Å². The molecule has 156 valence electrons. The van der Waals surface area contributed by atoms with Gasteiger partial charge in [0.15, 0.2) is 0 Å². The highest BCUT2D eigenvalue weighted by Crippen LogP contribution is 2.25. The molecule has 30 heavy (non-hydrogen) atoms. The van der Waals surface area contributed by atoms with Crippen LogP contribution >= 0.6 is 11.3 Å². The largest absolute Gasteiger partial charge is 0.384 e. The number of hydrogen-bond acceptors (Lipinski definition) is 8. The number of aromatic nitrogens is 2. The molecule has 1 aromatic heterocycles. The number of nitrogens with one attached hydrogen (secondary N) is 2. The van der Waals surface area contributed by atoms with E-state index in [9.17, 15) is 4.79 Å². The van der Waals surface area contributed by atoms with Crippen molar-refractivity contribution in [3.63, 3.8) is 0 Å². The predicted molar refractivity (Wildman–Crippen MR) is 117 cm³/mol. The van der Waals surface area contributed by atoms with Gasteiger partial charge in [-0.3, -0.25) is 9.69 Å². The number of anilines is 1. The van der Waals surface area contributed by atoms with Crippen LogP contribution in [0.5, 0.6) is 0 Å². The molecule has 1 saturated heterocycles. The average molecular weight is 424 g/mol. The van der Waals surface area contributed by atoms with E-state index in [4.69, 9.17) is 5.26 Å². The van der Waals surface area contributed by atoms with Crippen LogP contribution in [0.4, 0.5) is 5.13 Å². The summed E-state index contributed by atoms with van der Waals surface area (Å²) in [5, 5.41) is 24.3. The van der Waals surface area contributed by atoms with Crippen molar-refractivity contribution in [1.82, 2.24) is 25.7 Å². The molecule has 4 rings (SSSR count). The first-order chi connectivity index (χ1) is 14.7. The summed E-state index contributed by atoms with van der Waals surface area (Å²) in [6, 6.07) is 10.6. The van der Waals surface area contributed by atoms with Gasteiger partial charge in [0.2, 0.25) is 16.0 Å². The third-order valence-corrected chi connectivity index (χ3v) is 6.40. The fourth-order valence-corrected chi connectivity index (χ4v) is 4.58. The summed E-state index contributed by atoms with van der Waals surface area (Å²) in [5.41, 5.74) is 4.11. The minimum absolute atomic E-state index is 0.00327. The quantitative estimate of drug-likeness (QED) is 0.753. The zero-order chi connectivity index (χ0) is 20.9. The molecule has 0 aliphatic carbocycles. The van der Waals surface area contributed by atoms with Crippen molar-refractivity contribution < 1.29 is 4.79 Å². The highest BCUT2D eigenvalue weighted by atomic mass is 32.1. The van der Waals surface area contributed by atoms with Gasteiger partial charge in [-0.15, -0.1) is 10.2 Å². The standard InChI is InChI=1S/C21H25N7OS/c1-23-20(29)17-3-2-8-24-19(17)16-6-4-15(5-7-16)14-27-9-11-28(12-10-27)21-26-25-18(13-22)30-21/h4-7,24H,2-3,8-12,14H2,1H3,(H,23,29). The number of piperazine rings is 1. The van der Waals surface area contributed by atoms with Gasteiger partial charge >= 0.3 is 0 Å². The summed E-state index contributed by atoms with van der Waals surface area (Å²) in [6.45, 7) is 5.43. The zero-order valence-corrected chi connectivity index (χ0v) is 17.8. The smallest absolute Gasteiger partial charge is 0.249 e. The molecule has 0 unspecified atom stereocenters. The average Bonchev–Trinajstić information content (AvgIpc) is 3.29. The van der Waals surface area contributed by atoms with E-state index in [0.29, 0.717) is 5.01 Å². The summed E-state index contributed by atoms with van der Waals surface area (Å²) < 4.78 is 0. The molecule has 2 aliphatic rings. The van der Waals surface area contributed by atoms with Gasteiger partial charge in [-0.25, -0.2) is 0 Å². The summed E-state index contributed by atoms with van der Waals surface area (Å²) in [6.07, 6.45) is 1.78. The van der Waals surface area contributed by atoms with Crippen LogP contribution in [-0.2, 0) is 11.3 Å². The maximum absolute atomic E-state index is 12.2. The molecule has 3 heterocycles. The Morgan fingerprint density at radius 3 is 2.67 bits per heavy atom. The van der Waals surface area contributed by atoms with E-state index in [0.717, 1.165) is 74.1 Å². The predicted octanol–water partition coefficient (Wildman–Crippen LogP) is 1.57. The Morgan fingerprint density at radius 1 is 1.23 bits per heavy atom. The molecule has 0 atom stereocenters.